The molecular weight excluding hydrogens is 475 g/mol. The molecule has 0 fully saturated rings. The predicted octanol–water partition coefficient (Wildman–Crippen LogP) is 5.49. The molecule has 0 aliphatic rings. The van der Waals surface area contributed by atoms with Crippen LogP contribution in [0.4, 0.5) is 13.2 Å². The summed E-state index contributed by atoms with van der Waals surface area (Å²) in [5, 5.41) is 6.85. The smallest absolute Gasteiger partial charge is 0.416 e. The van der Waals surface area contributed by atoms with Crippen molar-refractivity contribution in [3.8, 4) is 22.9 Å². The van der Waals surface area contributed by atoms with E-state index < -0.39 is 23.7 Å². The van der Waals surface area contributed by atoms with Crippen molar-refractivity contribution in [3.63, 3.8) is 0 Å². The molecule has 0 aliphatic heterocycles. The molecule has 36 heavy (non-hydrogen) atoms. The second-order valence-corrected chi connectivity index (χ2v) is 7.85. The quantitative estimate of drug-likeness (QED) is 0.347. The van der Waals surface area contributed by atoms with Crippen molar-refractivity contribution in [1.29, 1.82) is 0 Å². The van der Waals surface area contributed by atoms with Gasteiger partial charge in [0.05, 0.1) is 19.8 Å². The lowest BCUT2D eigenvalue weighted by molar-refractivity contribution is -0.137. The monoisotopic (exact) mass is 497 g/mol. The number of nitrogens with one attached hydrogen (secondary N) is 1. The first-order chi connectivity index (χ1) is 17.3. The number of aromatic nitrogens is 2. The Hall–Kier alpha value is -4.34. The first-order valence-corrected chi connectivity index (χ1v) is 10.9. The predicted molar refractivity (Wildman–Crippen MR) is 125 cm³/mol. The van der Waals surface area contributed by atoms with Crippen molar-refractivity contribution in [2.45, 2.75) is 18.6 Å². The van der Waals surface area contributed by atoms with Gasteiger partial charge in [-0.1, -0.05) is 35.5 Å². The zero-order valence-electron chi connectivity index (χ0n) is 19.4. The van der Waals surface area contributed by atoms with Gasteiger partial charge in [-0.25, -0.2) is 0 Å². The minimum absolute atomic E-state index is 0.0679. The van der Waals surface area contributed by atoms with E-state index in [0.717, 1.165) is 29.8 Å². The van der Waals surface area contributed by atoms with E-state index in [1.807, 2.05) is 30.3 Å². The van der Waals surface area contributed by atoms with Crippen molar-refractivity contribution in [1.82, 2.24) is 15.5 Å². The summed E-state index contributed by atoms with van der Waals surface area (Å²) in [4.78, 5) is 17.4. The fraction of sp³-hybridized carbons (Fsp3) is 0.192. The standard InChI is InChI=1S/C26H22F3N3O4/c1-34-20-13-18(14-21(15-20)35-2)23-31-25(36-32-23)22(12-16-6-4-3-5-7-16)30-24(33)17-8-10-19(11-9-17)26(27,28)29/h3-11,13-15,22H,12H2,1-2H3,(H,30,33)/t22-/m0/s1. The number of ether oxygens (including phenoxy) is 2. The molecule has 0 radical (unpaired) electrons. The Morgan fingerprint density at radius 1 is 0.972 bits per heavy atom. The zero-order valence-corrected chi connectivity index (χ0v) is 19.4. The van der Waals surface area contributed by atoms with Crippen molar-refractivity contribution < 1.29 is 32.0 Å². The number of hydrogen-bond donors (Lipinski definition) is 1. The fourth-order valence-electron chi connectivity index (χ4n) is 3.53. The lowest BCUT2D eigenvalue weighted by atomic mass is 10.0. The SMILES string of the molecule is COc1cc(OC)cc(-c2noc([C@H](Cc3ccccc3)NC(=O)c3ccc(C(F)(F)F)cc3)n2)c1. The molecule has 0 saturated carbocycles. The summed E-state index contributed by atoms with van der Waals surface area (Å²) in [6.07, 6.45) is -4.18. The Balaban J connectivity index is 1.62. The number of carbonyl (C=O) groups is 1. The molecule has 4 aromatic rings. The van der Waals surface area contributed by atoms with Gasteiger partial charge < -0.3 is 19.3 Å². The second-order valence-electron chi connectivity index (χ2n) is 7.85. The molecule has 1 atom stereocenters. The van der Waals surface area contributed by atoms with Gasteiger partial charge >= 0.3 is 6.18 Å². The van der Waals surface area contributed by atoms with Crippen molar-refractivity contribution in [2.24, 2.45) is 0 Å². The van der Waals surface area contributed by atoms with E-state index in [-0.39, 0.29) is 17.3 Å². The van der Waals surface area contributed by atoms with E-state index in [1.54, 1.807) is 18.2 Å². The molecule has 186 valence electrons. The molecule has 1 amide bonds. The van der Waals surface area contributed by atoms with Gasteiger partial charge in [-0.3, -0.25) is 4.79 Å². The van der Waals surface area contributed by atoms with Crippen molar-refractivity contribution in [3.05, 3.63) is 95.4 Å². The van der Waals surface area contributed by atoms with Crippen molar-refractivity contribution in [2.75, 3.05) is 14.2 Å². The van der Waals surface area contributed by atoms with E-state index in [0.29, 0.717) is 23.5 Å². The summed E-state index contributed by atoms with van der Waals surface area (Å²) in [5.74, 6) is 0.881. The van der Waals surface area contributed by atoms with Crippen LogP contribution in [0.1, 0.15) is 33.4 Å². The Morgan fingerprint density at radius 3 is 2.19 bits per heavy atom. The second kappa shape index (κ2) is 10.5. The van der Waals surface area contributed by atoms with Crippen LogP contribution in [0.3, 0.4) is 0 Å². The minimum atomic E-state index is -4.49. The van der Waals surface area contributed by atoms with Gasteiger partial charge in [0.15, 0.2) is 0 Å². The van der Waals surface area contributed by atoms with Crippen LogP contribution < -0.4 is 14.8 Å². The highest BCUT2D eigenvalue weighted by Gasteiger charge is 2.30. The van der Waals surface area contributed by atoms with Gasteiger partial charge in [0, 0.05) is 23.6 Å². The Kier molecular flexibility index (Phi) is 7.23. The zero-order chi connectivity index (χ0) is 25.7. The number of rotatable bonds is 8. The van der Waals surface area contributed by atoms with Crippen LogP contribution in [-0.4, -0.2) is 30.3 Å². The minimum Gasteiger partial charge on any atom is -0.497 e. The Morgan fingerprint density at radius 2 is 1.61 bits per heavy atom. The molecule has 1 aromatic heterocycles. The van der Waals surface area contributed by atoms with Crippen LogP contribution in [0.5, 0.6) is 11.5 Å². The van der Waals surface area contributed by atoms with E-state index in [2.05, 4.69) is 15.5 Å². The van der Waals surface area contributed by atoms with E-state index in [4.69, 9.17) is 14.0 Å². The summed E-state index contributed by atoms with van der Waals surface area (Å²) in [7, 11) is 3.04. The summed E-state index contributed by atoms with van der Waals surface area (Å²) in [5.41, 5.74) is 0.695. The maximum absolute atomic E-state index is 12.9. The normalized spacial score (nSPS) is 12.1. The van der Waals surface area contributed by atoms with Crippen molar-refractivity contribution >= 4 is 5.91 Å². The van der Waals surface area contributed by atoms with Gasteiger partial charge in [-0.05, 0) is 42.0 Å². The summed E-state index contributed by atoms with van der Waals surface area (Å²) < 4.78 is 54.7. The number of halogens is 3. The third kappa shape index (κ3) is 5.83. The molecule has 1 heterocycles. The van der Waals surface area contributed by atoms with Gasteiger partial charge in [-0.2, -0.15) is 18.2 Å². The molecule has 7 nitrogen and oxygen atoms in total. The molecule has 4 rings (SSSR count). The number of benzene rings is 3. The number of alkyl halides is 3. The first kappa shape index (κ1) is 24.8. The molecule has 10 heteroatoms. The maximum atomic E-state index is 12.9. The number of hydrogen-bond acceptors (Lipinski definition) is 6. The highest BCUT2D eigenvalue weighted by molar-refractivity contribution is 5.94. The van der Waals surface area contributed by atoms with Crippen LogP contribution in [-0.2, 0) is 12.6 Å². The Labute approximate surface area is 204 Å². The van der Waals surface area contributed by atoms with Crippen LogP contribution in [0.25, 0.3) is 11.4 Å². The first-order valence-electron chi connectivity index (χ1n) is 10.9. The Bertz CT molecular complexity index is 1300. The molecule has 0 bridgehead atoms. The average Bonchev–Trinajstić information content (AvgIpc) is 3.38. The van der Waals surface area contributed by atoms with Crippen LogP contribution in [0.15, 0.2) is 77.3 Å². The third-order valence-corrected chi connectivity index (χ3v) is 5.41. The van der Waals surface area contributed by atoms with E-state index >= 15 is 0 Å². The third-order valence-electron chi connectivity index (χ3n) is 5.41. The lowest BCUT2D eigenvalue weighted by Gasteiger charge is -2.16. The fourth-order valence-corrected chi connectivity index (χ4v) is 3.53. The average molecular weight is 497 g/mol. The number of amides is 1. The van der Waals surface area contributed by atoms with Gasteiger partial charge in [-0.15, -0.1) is 0 Å². The highest BCUT2D eigenvalue weighted by Crippen LogP contribution is 2.30. The lowest BCUT2D eigenvalue weighted by Crippen LogP contribution is -2.30. The maximum Gasteiger partial charge on any atom is 0.416 e. The number of nitrogens with zero attached hydrogens (tertiary/aromatic N) is 2. The van der Waals surface area contributed by atoms with Crippen LogP contribution in [0, 0.1) is 0 Å². The van der Waals surface area contributed by atoms with E-state index in [9.17, 15) is 18.0 Å². The largest absolute Gasteiger partial charge is 0.497 e. The molecular formula is C26H22F3N3O4. The van der Waals surface area contributed by atoms with Gasteiger partial charge in [0.1, 0.15) is 17.5 Å². The number of methoxy groups -OCH3 is 2. The summed E-state index contributed by atoms with van der Waals surface area (Å²) in [6, 6.07) is 17.7. The molecule has 3 aromatic carbocycles. The summed E-state index contributed by atoms with van der Waals surface area (Å²) in [6.45, 7) is 0. The molecule has 0 aliphatic carbocycles. The van der Waals surface area contributed by atoms with Crippen LogP contribution >= 0.6 is 0 Å². The number of carbonyl (C=O) groups excluding carboxylic acids is 1. The molecule has 1 N–H and O–H groups in total. The molecule has 0 spiro atoms. The summed E-state index contributed by atoms with van der Waals surface area (Å²) >= 11 is 0. The van der Waals surface area contributed by atoms with Gasteiger partial charge in [0.2, 0.25) is 11.7 Å². The van der Waals surface area contributed by atoms with Crippen LogP contribution in [0.2, 0.25) is 0 Å². The highest BCUT2D eigenvalue weighted by atomic mass is 19.4. The topological polar surface area (TPSA) is 86.5 Å². The van der Waals surface area contributed by atoms with E-state index in [1.165, 1.54) is 14.2 Å². The molecule has 0 saturated heterocycles. The van der Waals surface area contributed by atoms with Gasteiger partial charge in [0.25, 0.3) is 5.91 Å². The molecule has 0 unspecified atom stereocenters.